The van der Waals surface area contributed by atoms with Crippen LogP contribution in [0.5, 0.6) is 0 Å². The first-order valence-corrected chi connectivity index (χ1v) is 9.22. The first-order chi connectivity index (χ1) is 13.8. The van der Waals surface area contributed by atoms with Crippen LogP contribution in [-0.2, 0) is 9.53 Å². The summed E-state index contributed by atoms with van der Waals surface area (Å²) in [6.07, 6.45) is 3.48. The number of non-ortho nitro benzene ring substituents is 1. The van der Waals surface area contributed by atoms with E-state index in [-0.39, 0.29) is 17.7 Å². The summed E-state index contributed by atoms with van der Waals surface area (Å²) >= 11 is 0. The zero-order valence-corrected chi connectivity index (χ0v) is 15.7. The van der Waals surface area contributed by atoms with E-state index in [4.69, 9.17) is 4.74 Å². The van der Waals surface area contributed by atoms with Crippen LogP contribution in [0.1, 0.15) is 59.7 Å². The molecule has 1 heterocycles. The molecule has 11 heteroatoms. The fraction of sp³-hybridized carbons (Fsp3) is 0.444. The summed E-state index contributed by atoms with van der Waals surface area (Å²) in [5, 5.41) is 14.4. The number of nitrogens with one attached hydrogen (secondary N) is 2. The van der Waals surface area contributed by atoms with Gasteiger partial charge < -0.3 is 10.1 Å². The topological polar surface area (TPSA) is 148 Å². The van der Waals surface area contributed by atoms with E-state index in [0.29, 0.717) is 17.9 Å². The van der Waals surface area contributed by atoms with Crippen LogP contribution < -0.4 is 10.7 Å². The number of nitro groups is 1. The van der Waals surface area contributed by atoms with Crippen LogP contribution in [0, 0.1) is 10.1 Å². The van der Waals surface area contributed by atoms with Crippen molar-refractivity contribution in [1.82, 2.24) is 15.8 Å². The fourth-order valence-electron chi connectivity index (χ4n) is 3.56. The Morgan fingerprint density at radius 1 is 1.21 bits per heavy atom. The molecule has 11 nitrogen and oxygen atoms in total. The molecule has 29 heavy (non-hydrogen) atoms. The van der Waals surface area contributed by atoms with Crippen molar-refractivity contribution in [1.29, 1.82) is 0 Å². The highest BCUT2D eigenvalue weighted by Crippen LogP contribution is 2.33. The molecule has 1 aliphatic carbocycles. The van der Waals surface area contributed by atoms with Crippen LogP contribution in [-0.4, -0.2) is 45.9 Å². The Morgan fingerprint density at radius 3 is 2.48 bits per heavy atom. The van der Waals surface area contributed by atoms with Gasteiger partial charge in [0, 0.05) is 17.7 Å². The van der Waals surface area contributed by atoms with Crippen LogP contribution in [0.15, 0.2) is 18.2 Å². The molecule has 1 saturated heterocycles. The number of esters is 1. The van der Waals surface area contributed by atoms with Gasteiger partial charge in [0.1, 0.15) is 5.54 Å². The minimum Gasteiger partial charge on any atom is -0.462 e. The summed E-state index contributed by atoms with van der Waals surface area (Å²) in [5.74, 6) is -2.33. The number of carbonyl (C=O) groups excluding carboxylic acids is 4. The smallest absolute Gasteiger partial charge is 0.344 e. The van der Waals surface area contributed by atoms with Gasteiger partial charge in [-0.2, -0.15) is 5.01 Å². The van der Waals surface area contributed by atoms with Crippen LogP contribution in [0.2, 0.25) is 0 Å². The van der Waals surface area contributed by atoms with Crippen LogP contribution in [0.25, 0.3) is 0 Å². The number of nitro benzene ring substituents is 1. The lowest BCUT2D eigenvalue weighted by Gasteiger charge is -2.30. The van der Waals surface area contributed by atoms with Gasteiger partial charge in [-0.3, -0.25) is 25.1 Å². The second-order valence-corrected chi connectivity index (χ2v) is 6.90. The molecule has 2 fully saturated rings. The van der Waals surface area contributed by atoms with Gasteiger partial charge in [-0.15, -0.1) is 0 Å². The minimum absolute atomic E-state index is 0.0492. The standard InChI is InChI=1S/C18H20N4O7/c1-2-29-15(24)12-8-11(9-13(10-12)22(27)28)14(23)20-21-16(25)18(19-17(21)26)6-4-3-5-7-18/h8-10H,2-7H2,1H3,(H,19,26)(H,20,23). The van der Waals surface area contributed by atoms with Gasteiger partial charge in [0.15, 0.2) is 0 Å². The van der Waals surface area contributed by atoms with E-state index in [2.05, 4.69) is 10.7 Å². The number of hydrogen-bond donors (Lipinski definition) is 2. The Balaban J connectivity index is 1.85. The fourth-order valence-corrected chi connectivity index (χ4v) is 3.56. The molecule has 2 N–H and O–H groups in total. The monoisotopic (exact) mass is 404 g/mol. The van der Waals surface area contributed by atoms with Crippen molar-refractivity contribution in [2.75, 3.05) is 6.61 Å². The second-order valence-electron chi connectivity index (χ2n) is 6.90. The van der Waals surface area contributed by atoms with E-state index < -0.39 is 40.0 Å². The molecule has 2 aliphatic rings. The Bertz CT molecular complexity index is 892. The molecule has 0 unspecified atom stereocenters. The molecule has 4 amide bonds. The van der Waals surface area contributed by atoms with Crippen molar-refractivity contribution in [3.05, 3.63) is 39.4 Å². The van der Waals surface area contributed by atoms with Crippen molar-refractivity contribution in [2.24, 2.45) is 0 Å². The number of imide groups is 1. The number of ether oxygens (including phenoxy) is 1. The predicted molar refractivity (Wildman–Crippen MR) is 97.7 cm³/mol. The first kappa shape index (κ1) is 20.2. The minimum atomic E-state index is -1.03. The largest absolute Gasteiger partial charge is 0.462 e. The molecule has 0 atom stereocenters. The maximum Gasteiger partial charge on any atom is 0.344 e. The van der Waals surface area contributed by atoms with Gasteiger partial charge in [-0.25, -0.2) is 9.59 Å². The van der Waals surface area contributed by atoms with Gasteiger partial charge in [0.25, 0.3) is 17.5 Å². The van der Waals surface area contributed by atoms with Gasteiger partial charge in [-0.05, 0) is 25.8 Å². The molecule has 0 bridgehead atoms. The quantitative estimate of drug-likeness (QED) is 0.328. The van der Waals surface area contributed by atoms with Crippen LogP contribution >= 0.6 is 0 Å². The van der Waals surface area contributed by atoms with Crippen LogP contribution in [0.3, 0.4) is 0 Å². The Morgan fingerprint density at radius 2 is 1.86 bits per heavy atom. The lowest BCUT2D eigenvalue weighted by molar-refractivity contribution is -0.384. The summed E-state index contributed by atoms with van der Waals surface area (Å²) < 4.78 is 4.82. The highest BCUT2D eigenvalue weighted by Gasteiger charge is 2.52. The molecule has 1 aromatic rings. The molecule has 1 aliphatic heterocycles. The molecule has 0 radical (unpaired) electrons. The van der Waals surface area contributed by atoms with Crippen molar-refractivity contribution in [3.8, 4) is 0 Å². The van der Waals surface area contributed by atoms with E-state index in [1.807, 2.05) is 0 Å². The number of carbonyl (C=O) groups is 4. The highest BCUT2D eigenvalue weighted by molar-refractivity contribution is 6.09. The van der Waals surface area contributed by atoms with Crippen molar-refractivity contribution >= 4 is 29.5 Å². The van der Waals surface area contributed by atoms with E-state index in [1.54, 1.807) is 6.92 Å². The van der Waals surface area contributed by atoms with Crippen molar-refractivity contribution in [2.45, 2.75) is 44.6 Å². The average Bonchev–Trinajstić information content (AvgIpc) is 2.92. The summed E-state index contributed by atoms with van der Waals surface area (Å²) in [5.41, 5.74) is 0.219. The number of nitrogens with zero attached hydrogens (tertiary/aromatic N) is 2. The van der Waals surface area contributed by atoms with E-state index in [0.717, 1.165) is 37.5 Å². The van der Waals surface area contributed by atoms with Gasteiger partial charge >= 0.3 is 12.0 Å². The summed E-state index contributed by atoms with van der Waals surface area (Å²) in [6.45, 7) is 1.62. The number of rotatable bonds is 5. The van der Waals surface area contributed by atoms with Crippen LogP contribution in [0.4, 0.5) is 10.5 Å². The molecule has 1 spiro atoms. The molecule has 3 rings (SSSR count). The summed E-state index contributed by atoms with van der Waals surface area (Å²) in [6, 6.07) is 2.28. The third-order valence-electron chi connectivity index (χ3n) is 4.98. The summed E-state index contributed by atoms with van der Waals surface area (Å²) in [4.78, 5) is 59.9. The van der Waals surface area contributed by atoms with Crippen molar-refractivity contribution < 1.29 is 28.8 Å². The number of urea groups is 1. The number of amides is 4. The third kappa shape index (κ3) is 3.89. The molecule has 154 valence electrons. The lowest BCUT2D eigenvalue weighted by atomic mass is 9.82. The zero-order valence-electron chi connectivity index (χ0n) is 15.7. The lowest BCUT2D eigenvalue weighted by Crippen LogP contribution is -2.50. The summed E-state index contributed by atoms with van der Waals surface area (Å²) in [7, 11) is 0. The van der Waals surface area contributed by atoms with Gasteiger partial charge in [0.05, 0.1) is 17.1 Å². The van der Waals surface area contributed by atoms with Gasteiger partial charge in [0.2, 0.25) is 0 Å². The molecular formula is C18H20N4O7. The van der Waals surface area contributed by atoms with E-state index >= 15 is 0 Å². The average molecular weight is 404 g/mol. The molecule has 1 aromatic carbocycles. The van der Waals surface area contributed by atoms with Gasteiger partial charge in [-0.1, -0.05) is 19.3 Å². The third-order valence-corrected chi connectivity index (χ3v) is 4.98. The maximum atomic E-state index is 12.7. The Kier molecular flexibility index (Phi) is 5.48. The second kappa shape index (κ2) is 7.86. The normalized spacial score (nSPS) is 17.8. The number of benzene rings is 1. The highest BCUT2D eigenvalue weighted by atomic mass is 16.6. The first-order valence-electron chi connectivity index (χ1n) is 9.22. The SMILES string of the molecule is CCOC(=O)c1cc(C(=O)NN2C(=O)NC3(CCCCC3)C2=O)cc([N+](=O)[O-])c1. The number of hydrogen-bond acceptors (Lipinski definition) is 7. The number of hydrazine groups is 1. The molecule has 1 saturated carbocycles. The molecular weight excluding hydrogens is 384 g/mol. The zero-order chi connectivity index (χ0) is 21.2. The Labute approximate surface area is 165 Å². The predicted octanol–water partition coefficient (Wildman–Crippen LogP) is 1.67. The van der Waals surface area contributed by atoms with Crippen molar-refractivity contribution in [3.63, 3.8) is 0 Å². The van der Waals surface area contributed by atoms with E-state index in [9.17, 15) is 29.3 Å². The Hall–Kier alpha value is -3.50. The molecule has 0 aromatic heterocycles. The maximum absolute atomic E-state index is 12.7. The van der Waals surface area contributed by atoms with E-state index in [1.165, 1.54) is 0 Å².